The molecule has 1 unspecified atom stereocenters. The van der Waals surface area contributed by atoms with Crippen LogP contribution in [0.3, 0.4) is 0 Å². The van der Waals surface area contributed by atoms with Gasteiger partial charge in [0.1, 0.15) is 0 Å². The molecule has 0 amide bonds. The van der Waals surface area contributed by atoms with E-state index in [9.17, 15) is 4.79 Å². The van der Waals surface area contributed by atoms with Crippen LogP contribution in [-0.4, -0.2) is 6.08 Å². The molecule has 0 saturated heterocycles. The third kappa shape index (κ3) is 2.29. The van der Waals surface area contributed by atoms with Crippen LogP contribution in [0, 0.1) is 18.3 Å². The van der Waals surface area contributed by atoms with E-state index in [4.69, 9.17) is 5.26 Å². The monoisotopic (exact) mass is 250 g/mol. The molecule has 70 valence electrons. The fourth-order valence-corrected chi connectivity index (χ4v) is 1.78. The lowest BCUT2D eigenvalue weighted by Gasteiger charge is -2.05. The summed E-state index contributed by atoms with van der Waals surface area (Å²) in [7, 11) is 0. The fourth-order valence-electron chi connectivity index (χ4n) is 1.07. The summed E-state index contributed by atoms with van der Waals surface area (Å²) in [5.41, 5.74) is 1.76. The van der Waals surface area contributed by atoms with Gasteiger partial charge in [0.2, 0.25) is 6.08 Å². The van der Waals surface area contributed by atoms with Crippen molar-refractivity contribution < 1.29 is 4.79 Å². The van der Waals surface area contributed by atoms with Crippen molar-refractivity contribution in [3.63, 3.8) is 0 Å². The Kier molecular flexibility index (Phi) is 3.58. The Bertz CT molecular complexity index is 430. The third-order valence-corrected chi connectivity index (χ3v) is 2.44. The van der Waals surface area contributed by atoms with Crippen molar-refractivity contribution in [2.24, 2.45) is 4.99 Å². The summed E-state index contributed by atoms with van der Waals surface area (Å²) in [4.78, 5) is 13.5. The third-order valence-electron chi connectivity index (χ3n) is 1.75. The summed E-state index contributed by atoms with van der Waals surface area (Å²) in [6.07, 6.45) is 1.39. The van der Waals surface area contributed by atoms with E-state index in [0.717, 1.165) is 10.0 Å². The van der Waals surface area contributed by atoms with E-state index in [0.29, 0.717) is 5.56 Å². The van der Waals surface area contributed by atoms with Gasteiger partial charge in [-0.15, -0.1) is 0 Å². The first-order valence-corrected chi connectivity index (χ1v) is 4.71. The molecule has 4 heteroatoms. The van der Waals surface area contributed by atoms with Crippen LogP contribution in [0.15, 0.2) is 27.7 Å². The number of aliphatic imine (C=N–C) groups is 1. The molecule has 0 heterocycles. The molecule has 14 heavy (non-hydrogen) atoms. The molecule has 0 aromatic heterocycles. The summed E-state index contributed by atoms with van der Waals surface area (Å²) >= 11 is 3.32. The van der Waals surface area contributed by atoms with Gasteiger partial charge in [0.25, 0.3) is 0 Å². The van der Waals surface area contributed by atoms with Crippen LogP contribution in [0.1, 0.15) is 17.2 Å². The van der Waals surface area contributed by atoms with Gasteiger partial charge in [-0.2, -0.15) is 10.3 Å². The van der Waals surface area contributed by atoms with E-state index in [2.05, 4.69) is 20.9 Å². The van der Waals surface area contributed by atoms with Crippen molar-refractivity contribution in [1.82, 2.24) is 0 Å². The Hall–Kier alpha value is -1.43. The van der Waals surface area contributed by atoms with E-state index in [1.807, 2.05) is 25.1 Å². The highest BCUT2D eigenvalue weighted by Gasteiger charge is 2.11. The van der Waals surface area contributed by atoms with E-state index < -0.39 is 6.04 Å². The molecule has 0 aliphatic heterocycles. The lowest BCUT2D eigenvalue weighted by Crippen LogP contribution is -1.93. The second-order valence-electron chi connectivity index (χ2n) is 2.78. The summed E-state index contributed by atoms with van der Waals surface area (Å²) in [6, 6.07) is 6.66. The van der Waals surface area contributed by atoms with Gasteiger partial charge in [0, 0.05) is 10.0 Å². The number of halogens is 1. The topological polar surface area (TPSA) is 53.2 Å². The van der Waals surface area contributed by atoms with Crippen molar-refractivity contribution >= 4 is 22.0 Å². The predicted octanol–water partition coefficient (Wildman–Crippen LogP) is 2.66. The van der Waals surface area contributed by atoms with Gasteiger partial charge < -0.3 is 0 Å². The molecule has 1 atom stereocenters. The molecule has 0 spiro atoms. The molecule has 0 saturated carbocycles. The average Bonchev–Trinajstić information content (AvgIpc) is 2.15. The molecule has 0 aliphatic rings. The van der Waals surface area contributed by atoms with Crippen molar-refractivity contribution in [2.75, 3.05) is 0 Å². The van der Waals surface area contributed by atoms with E-state index >= 15 is 0 Å². The molecule has 1 aromatic rings. The van der Waals surface area contributed by atoms with Crippen molar-refractivity contribution in [3.05, 3.63) is 33.8 Å². The first-order chi connectivity index (χ1) is 6.69. The van der Waals surface area contributed by atoms with E-state index in [1.165, 1.54) is 6.08 Å². The quantitative estimate of drug-likeness (QED) is 0.599. The molecule has 1 aromatic carbocycles. The van der Waals surface area contributed by atoms with Gasteiger partial charge in [-0.1, -0.05) is 28.1 Å². The highest BCUT2D eigenvalue weighted by Crippen LogP contribution is 2.26. The minimum Gasteiger partial charge on any atom is -0.211 e. The van der Waals surface area contributed by atoms with Crippen LogP contribution in [-0.2, 0) is 4.79 Å². The molecule has 0 N–H and O–H groups in total. The first-order valence-electron chi connectivity index (χ1n) is 3.91. The normalized spacial score (nSPS) is 11.2. The number of isocyanates is 1. The summed E-state index contributed by atoms with van der Waals surface area (Å²) < 4.78 is 0.781. The zero-order valence-corrected chi connectivity index (χ0v) is 9.08. The predicted molar refractivity (Wildman–Crippen MR) is 55.4 cm³/mol. The van der Waals surface area contributed by atoms with Crippen LogP contribution in [0.5, 0.6) is 0 Å². The molecular formula is C10H7BrN2O. The summed E-state index contributed by atoms with van der Waals surface area (Å²) in [6.45, 7) is 1.94. The van der Waals surface area contributed by atoms with Gasteiger partial charge in [-0.05, 0) is 18.6 Å². The Morgan fingerprint density at radius 2 is 2.29 bits per heavy atom. The lowest BCUT2D eigenvalue weighted by molar-refractivity contribution is 0.561. The fraction of sp³-hybridized carbons (Fsp3) is 0.200. The highest BCUT2D eigenvalue weighted by atomic mass is 79.9. The number of hydrogen-bond donors (Lipinski definition) is 0. The molecule has 0 fully saturated rings. The molecule has 0 bridgehead atoms. The second-order valence-corrected chi connectivity index (χ2v) is 3.63. The Labute approximate surface area is 90.2 Å². The van der Waals surface area contributed by atoms with Crippen LogP contribution in [0.2, 0.25) is 0 Å². The summed E-state index contributed by atoms with van der Waals surface area (Å²) in [5, 5.41) is 8.76. The zero-order chi connectivity index (χ0) is 10.6. The molecule has 1 rings (SSSR count). The molecular weight excluding hydrogens is 244 g/mol. The maximum absolute atomic E-state index is 10.1. The Morgan fingerprint density at radius 1 is 1.57 bits per heavy atom. The molecule has 0 radical (unpaired) electrons. The van der Waals surface area contributed by atoms with Gasteiger partial charge in [0.15, 0.2) is 6.04 Å². The van der Waals surface area contributed by atoms with Crippen molar-refractivity contribution in [2.45, 2.75) is 13.0 Å². The highest BCUT2D eigenvalue weighted by molar-refractivity contribution is 9.10. The number of hydrogen-bond acceptors (Lipinski definition) is 3. The number of carbonyl (C=O) groups excluding carboxylic acids is 1. The largest absolute Gasteiger partial charge is 0.236 e. The van der Waals surface area contributed by atoms with Gasteiger partial charge in [-0.3, -0.25) is 0 Å². The minimum atomic E-state index is -0.775. The first kappa shape index (κ1) is 10.6. The SMILES string of the molecule is Cc1ccc(C(C#N)N=C=O)c(Br)c1. The van der Waals surface area contributed by atoms with Gasteiger partial charge in [-0.25, -0.2) is 4.79 Å². The number of nitriles is 1. The maximum Gasteiger partial charge on any atom is 0.236 e. The number of rotatable bonds is 2. The maximum atomic E-state index is 10.1. The van der Waals surface area contributed by atoms with Crippen LogP contribution in [0.25, 0.3) is 0 Å². The summed E-state index contributed by atoms with van der Waals surface area (Å²) in [5.74, 6) is 0. The standard InChI is InChI=1S/C10H7BrN2O/c1-7-2-3-8(9(11)4-7)10(5-12)13-6-14/h2-4,10H,1H3. The number of aryl methyl sites for hydroxylation is 1. The van der Waals surface area contributed by atoms with Gasteiger partial charge >= 0.3 is 0 Å². The van der Waals surface area contributed by atoms with Crippen molar-refractivity contribution in [3.8, 4) is 6.07 Å². The smallest absolute Gasteiger partial charge is 0.211 e. The van der Waals surface area contributed by atoms with Crippen LogP contribution < -0.4 is 0 Å². The molecule has 3 nitrogen and oxygen atoms in total. The minimum absolute atomic E-state index is 0.682. The average molecular weight is 251 g/mol. The van der Waals surface area contributed by atoms with E-state index in [-0.39, 0.29) is 0 Å². The van der Waals surface area contributed by atoms with Crippen LogP contribution in [0.4, 0.5) is 0 Å². The van der Waals surface area contributed by atoms with Crippen LogP contribution >= 0.6 is 15.9 Å². The second kappa shape index (κ2) is 4.71. The number of nitrogens with zero attached hydrogens (tertiary/aromatic N) is 2. The lowest BCUT2D eigenvalue weighted by atomic mass is 10.1. The number of benzene rings is 1. The van der Waals surface area contributed by atoms with Gasteiger partial charge in [0.05, 0.1) is 6.07 Å². The Balaban J connectivity index is 3.18. The zero-order valence-electron chi connectivity index (χ0n) is 7.49. The Morgan fingerprint density at radius 3 is 2.79 bits per heavy atom. The van der Waals surface area contributed by atoms with Crippen molar-refractivity contribution in [1.29, 1.82) is 5.26 Å². The molecule has 0 aliphatic carbocycles. The van der Waals surface area contributed by atoms with E-state index in [1.54, 1.807) is 6.07 Å².